The molecule has 18 rings (SSSR count). The first kappa shape index (κ1) is 82.1. The molecule has 0 unspecified atom stereocenters. The summed E-state index contributed by atoms with van der Waals surface area (Å²) in [6.07, 6.45) is 11.0. The van der Waals surface area contributed by atoms with Crippen molar-refractivity contribution in [3.8, 4) is 101 Å². The van der Waals surface area contributed by atoms with Crippen LogP contribution in [0, 0.1) is 36.4 Å². The summed E-state index contributed by atoms with van der Waals surface area (Å²) < 4.78 is 0. The van der Waals surface area contributed by atoms with Gasteiger partial charge in [0.1, 0.15) is 6.33 Å². The summed E-state index contributed by atoms with van der Waals surface area (Å²) in [6, 6.07) is 113. The molecule has 0 spiro atoms. The van der Waals surface area contributed by atoms with Crippen LogP contribution in [0.2, 0.25) is 0 Å². The van der Waals surface area contributed by atoms with Crippen LogP contribution in [0.1, 0.15) is 105 Å². The molecule has 0 aliphatic carbocycles. The maximum atomic E-state index is 4.81. The summed E-state index contributed by atoms with van der Waals surface area (Å²) in [5.74, 6) is 0. The Bertz CT molecular complexity index is 6300. The Morgan fingerprint density at radius 2 is 0.583 bits per heavy atom. The molecule has 18 aromatic rings. The standard InChI is InChI=1S/C38H34N2.C37H33N3.C30H18N2.3Pt/c1-37(2,3)30-15-16-33-27(22-30)17-19-40-36(33)29-14-13-25-9-8-12-32(34(25)23-29)26-10-7-11-28(21-26)35-24-31(18-20-39-35)38(4,5)6;1-36(2,3)28-15-16-31-34(22-28)39-23-40-35(31)27-14-13-24-9-8-12-30(32(24)20-27)25-10-7-11-26(19-25)33-21-29(17-18-38-33)37(4,5)6;1-2-11-27-22(7-1)16-18-32-30(27)25-15-14-21-8-6-12-26(28(21)20-25)23-9-5-10-24(19-23)29-13-3-4-17-31-29;;;/h7-20,22,24H,1-6H3;7-18,21-23H,1-6H3;1-18H;;;/q3*-2;3*+2. The average Bonchev–Trinajstić information content (AvgIpc) is 0.777. The van der Waals surface area contributed by atoms with E-state index in [2.05, 4.69) is 370 Å². The number of hydrogen-bond donors (Lipinski definition) is 0. The van der Waals surface area contributed by atoms with Gasteiger partial charge in [-0.1, -0.05) is 283 Å². The van der Waals surface area contributed by atoms with Gasteiger partial charge in [-0.3, -0.25) is 29.9 Å². The van der Waals surface area contributed by atoms with Gasteiger partial charge in [0.2, 0.25) is 0 Å². The van der Waals surface area contributed by atoms with Crippen molar-refractivity contribution < 1.29 is 63.2 Å². The molecule has 12 aromatic carbocycles. The SMILES string of the molecule is CC(C)(C)c1ccnc(-c2[c-]c(-c3cccc4ccc(-c5nccc6cc(C(C)(C)C)ccc56)[c-]c34)ccc2)c1.CC(C)(C)c1ccnc(-c2[c-]c(-c3cccc4ccc(-c5ncnc6cc(C(C)(C)C)ccc56)[c-]c34)ccc2)c1.[Pt+2].[Pt+2].[Pt+2].[c-]1c(-c2ccccn2)cccc1-c1cccc2ccc(-c3nccc4ccccc34)[c-]c12. The fourth-order valence-electron chi connectivity index (χ4n) is 14.6. The minimum absolute atomic E-state index is 0. The van der Waals surface area contributed by atoms with E-state index < -0.39 is 0 Å². The molecule has 7 nitrogen and oxygen atoms in total. The molecule has 0 N–H and O–H groups in total. The van der Waals surface area contributed by atoms with Crippen molar-refractivity contribution in [2.24, 2.45) is 0 Å². The van der Waals surface area contributed by atoms with Gasteiger partial charge in [-0.25, -0.2) is 4.98 Å². The van der Waals surface area contributed by atoms with Crippen LogP contribution in [0.3, 0.4) is 0 Å². The summed E-state index contributed by atoms with van der Waals surface area (Å²) in [4.78, 5) is 32.6. The van der Waals surface area contributed by atoms with Crippen LogP contribution < -0.4 is 0 Å². The summed E-state index contributed by atoms with van der Waals surface area (Å²) in [5, 5.41) is 12.3. The van der Waals surface area contributed by atoms with Gasteiger partial charge in [-0.2, -0.15) is 0 Å². The Hall–Kier alpha value is -10.9. The van der Waals surface area contributed by atoms with Crippen molar-refractivity contribution in [3.63, 3.8) is 0 Å². The monoisotopic (exact) mass is 2030 g/mol. The largest absolute Gasteiger partial charge is 2.00 e. The number of benzene rings is 12. The van der Waals surface area contributed by atoms with Crippen LogP contribution in [0.25, 0.3) is 166 Å². The second kappa shape index (κ2) is 34.3. The van der Waals surface area contributed by atoms with Gasteiger partial charge >= 0.3 is 63.2 Å². The molecule has 6 heterocycles. The minimum atomic E-state index is 0. The van der Waals surface area contributed by atoms with Gasteiger partial charge in [-0.05, 0) is 107 Å². The molecule has 0 radical (unpaired) electrons. The molecule has 0 aliphatic rings. The third-order valence-corrected chi connectivity index (χ3v) is 20.9. The zero-order valence-electron chi connectivity index (χ0n) is 66.4. The first-order valence-electron chi connectivity index (χ1n) is 38.3. The number of hydrogen-bond acceptors (Lipinski definition) is 7. The van der Waals surface area contributed by atoms with E-state index in [9.17, 15) is 0 Å². The van der Waals surface area contributed by atoms with E-state index in [1.54, 1.807) is 6.33 Å². The predicted molar refractivity (Wildman–Crippen MR) is 466 cm³/mol. The van der Waals surface area contributed by atoms with Crippen molar-refractivity contribution in [3.05, 3.63) is 357 Å². The Morgan fingerprint density at radius 3 is 1.04 bits per heavy atom. The molecule has 6 aromatic heterocycles. The normalized spacial score (nSPS) is 11.6. The molecule has 0 atom stereocenters. The summed E-state index contributed by atoms with van der Waals surface area (Å²) in [5.41, 5.74) is 24.1. The van der Waals surface area contributed by atoms with Gasteiger partial charge in [0.25, 0.3) is 0 Å². The van der Waals surface area contributed by atoms with Gasteiger partial charge in [0.15, 0.2) is 0 Å². The van der Waals surface area contributed by atoms with Crippen LogP contribution in [-0.4, -0.2) is 34.9 Å². The van der Waals surface area contributed by atoms with E-state index in [0.29, 0.717) is 0 Å². The van der Waals surface area contributed by atoms with Gasteiger partial charge in [0.05, 0.1) is 5.52 Å². The predicted octanol–water partition coefficient (Wildman–Crippen LogP) is 26.7. The molecule has 0 saturated carbocycles. The van der Waals surface area contributed by atoms with E-state index in [1.807, 2.05) is 61.3 Å². The van der Waals surface area contributed by atoms with Crippen LogP contribution in [0.5, 0.6) is 0 Å². The molecule has 570 valence electrons. The maximum absolute atomic E-state index is 4.81. The topological polar surface area (TPSA) is 90.2 Å². The molecular formula is C105H85N7Pt3. The molecule has 0 saturated heterocycles. The van der Waals surface area contributed by atoms with Gasteiger partial charge in [0, 0.05) is 65.1 Å². The number of fused-ring (bicyclic) bond motifs is 6. The van der Waals surface area contributed by atoms with Crippen LogP contribution in [-0.2, 0) is 84.9 Å². The van der Waals surface area contributed by atoms with Crippen LogP contribution in [0.15, 0.2) is 298 Å². The number of pyridine rings is 5. The van der Waals surface area contributed by atoms with Crippen molar-refractivity contribution in [2.45, 2.75) is 105 Å². The van der Waals surface area contributed by atoms with Crippen molar-refractivity contribution in [1.82, 2.24) is 34.9 Å². The summed E-state index contributed by atoms with van der Waals surface area (Å²) in [6.45, 7) is 26.8. The summed E-state index contributed by atoms with van der Waals surface area (Å²) >= 11 is 0. The van der Waals surface area contributed by atoms with E-state index in [-0.39, 0.29) is 84.9 Å². The Labute approximate surface area is 719 Å². The molecule has 0 aliphatic heterocycles. The fourth-order valence-corrected chi connectivity index (χ4v) is 14.6. The molecule has 0 bridgehead atoms. The fraction of sp³-hybridized carbons (Fsp3) is 0.152. The van der Waals surface area contributed by atoms with Crippen LogP contribution >= 0.6 is 0 Å². The van der Waals surface area contributed by atoms with E-state index in [1.165, 1.54) is 33.0 Å². The number of rotatable bonds is 9. The van der Waals surface area contributed by atoms with Gasteiger partial charge < -0.3 is 0 Å². The molecule has 115 heavy (non-hydrogen) atoms. The molecular weight excluding hydrogens is 1940 g/mol. The third-order valence-electron chi connectivity index (χ3n) is 20.9. The minimum Gasteiger partial charge on any atom is -0.295 e. The first-order chi connectivity index (χ1) is 54.0. The van der Waals surface area contributed by atoms with Crippen LogP contribution in [0.4, 0.5) is 0 Å². The van der Waals surface area contributed by atoms with Crippen molar-refractivity contribution in [2.75, 3.05) is 0 Å². The van der Waals surface area contributed by atoms with Crippen molar-refractivity contribution in [1.29, 1.82) is 0 Å². The quantitative estimate of drug-likeness (QED) is 0.133. The number of nitrogens with zero attached hydrogens (tertiary/aromatic N) is 7. The average molecular weight is 2030 g/mol. The molecule has 0 fully saturated rings. The second-order valence-electron chi connectivity index (χ2n) is 32.9. The Balaban J connectivity index is 0.000000149. The second-order valence-corrected chi connectivity index (χ2v) is 32.9. The Kier molecular flexibility index (Phi) is 24.5. The first-order valence-corrected chi connectivity index (χ1v) is 38.3. The zero-order valence-corrected chi connectivity index (χ0v) is 73.2. The van der Waals surface area contributed by atoms with E-state index in [0.717, 1.165) is 155 Å². The maximum Gasteiger partial charge on any atom is 2.00 e. The zero-order chi connectivity index (χ0) is 77.5. The molecule has 10 heteroatoms. The smallest absolute Gasteiger partial charge is 0.295 e. The Morgan fingerprint density at radius 1 is 0.217 bits per heavy atom. The number of aromatic nitrogens is 7. The molecule has 0 amide bonds. The van der Waals surface area contributed by atoms with E-state index in [4.69, 9.17) is 15.0 Å². The van der Waals surface area contributed by atoms with E-state index >= 15 is 0 Å². The summed E-state index contributed by atoms with van der Waals surface area (Å²) in [7, 11) is 0. The van der Waals surface area contributed by atoms with Crippen molar-refractivity contribution >= 4 is 64.8 Å². The van der Waals surface area contributed by atoms with Gasteiger partial charge in [-0.15, -0.1) is 160 Å². The third kappa shape index (κ3) is 17.8.